The SMILES string of the molecule is CCCNc1ncnc(NCC(O)(CC)CC)c1C. The monoisotopic (exact) mass is 266 g/mol. The predicted octanol–water partition coefficient (Wildman–Crippen LogP) is 2.57. The number of nitrogens with one attached hydrogen (secondary N) is 2. The molecule has 1 rings (SSSR count). The van der Waals surface area contributed by atoms with Gasteiger partial charge in [0.25, 0.3) is 0 Å². The van der Waals surface area contributed by atoms with Crippen molar-refractivity contribution in [2.75, 3.05) is 23.7 Å². The third-order valence-corrected chi connectivity index (χ3v) is 3.53. The molecule has 19 heavy (non-hydrogen) atoms. The van der Waals surface area contributed by atoms with Crippen molar-refractivity contribution in [3.8, 4) is 0 Å². The molecule has 0 bridgehead atoms. The Kier molecular flexibility index (Phi) is 6.02. The Morgan fingerprint density at radius 1 is 1.11 bits per heavy atom. The minimum absolute atomic E-state index is 0.505. The largest absolute Gasteiger partial charge is 0.388 e. The molecule has 0 radical (unpaired) electrons. The quantitative estimate of drug-likeness (QED) is 0.674. The maximum atomic E-state index is 10.3. The van der Waals surface area contributed by atoms with E-state index >= 15 is 0 Å². The van der Waals surface area contributed by atoms with Gasteiger partial charge in [0.05, 0.1) is 5.60 Å². The molecule has 0 atom stereocenters. The lowest BCUT2D eigenvalue weighted by atomic mass is 9.97. The number of anilines is 2. The zero-order valence-corrected chi connectivity index (χ0v) is 12.5. The Balaban J connectivity index is 2.73. The van der Waals surface area contributed by atoms with E-state index in [4.69, 9.17) is 0 Å². The zero-order valence-electron chi connectivity index (χ0n) is 12.5. The summed E-state index contributed by atoms with van der Waals surface area (Å²) in [6.07, 6.45) is 4.05. The number of aliphatic hydroxyl groups is 1. The van der Waals surface area contributed by atoms with Crippen molar-refractivity contribution in [3.05, 3.63) is 11.9 Å². The van der Waals surface area contributed by atoms with E-state index in [2.05, 4.69) is 27.5 Å². The number of rotatable bonds is 8. The van der Waals surface area contributed by atoms with Crippen molar-refractivity contribution in [1.29, 1.82) is 0 Å². The Hall–Kier alpha value is -1.36. The van der Waals surface area contributed by atoms with Gasteiger partial charge in [0.15, 0.2) is 0 Å². The molecule has 108 valence electrons. The molecule has 0 aliphatic carbocycles. The molecule has 0 fully saturated rings. The van der Waals surface area contributed by atoms with Crippen molar-refractivity contribution in [2.24, 2.45) is 0 Å². The lowest BCUT2D eigenvalue weighted by Gasteiger charge is -2.26. The average molecular weight is 266 g/mol. The molecular formula is C14H26N4O. The standard InChI is InChI=1S/C14H26N4O/c1-5-8-15-12-11(4)13(18-10-17-12)16-9-14(19,6-2)7-3/h10,19H,5-9H2,1-4H3,(H2,15,16,17,18). The molecule has 1 aromatic heterocycles. The fraction of sp³-hybridized carbons (Fsp3) is 0.714. The maximum Gasteiger partial charge on any atom is 0.134 e. The molecule has 0 aromatic carbocycles. The van der Waals surface area contributed by atoms with Gasteiger partial charge >= 0.3 is 0 Å². The summed E-state index contributed by atoms with van der Waals surface area (Å²) in [7, 11) is 0. The van der Waals surface area contributed by atoms with Crippen LogP contribution in [0.2, 0.25) is 0 Å². The van der Waals surface area contributed by atoms with E-state index in [1.54, 1.807) is 6.33 Å². The van der Waals surface area contributed by atoms with Crippen molar-refractivity contribution in [2.45, 2.75) is 52.6 Å². The summed E-state index contributed by atoms with van der Waals surface area (Å²) in [6, 6.07) is 0. The smallest absolute Gasteiger partial charge is 0.134 e. The maximum absolute atomic E-state index is 10.3. The second-order valence-corrected chi connectivity index (χ2v) is 4.91. The van der Waals surface area contributed by atoms with Gasteiger partial charge in [0, 0.05) is 18.7 Å². The van der Waals surface area contributed by atoms with E-state index in [1.165, 1.54) is 0 Å². The molecule has 3 N–H and O–H groups in total. The van der Waals surface area contributed by atoms with Crippen molar-refractivity contribution in [3.63, 3.8) is 0 Å². The molecule has 0 aliphatic heterocycles. The molecular weight excluding hydrogens is 240 g/mol. The molecule has 1 heterocycles. The minimum Gasteiger partial charge on any atom is -0.388 e. The van der Waals surface area contributed by atoms with Crippen LogP contribution >= 0.6 is 0 Å². The van der Waals surface area contributed by atoms with Crippen LogP contribution in [0.4, 0.5) is 11.6 Å². The Morgan fingerprint density at radius 3 is 2.21 bits per heavy atom. The lowest BCUT2D eigenvalue weighted by molar-refractivity contribution is 0.0456. The highest BCUT2D eigenvalue weighted by molar-refractivity contribution is 5.56. The van der Waals surface area contributed by atoms with E-state index in [0.717, 1.165) is 43.0 Å². The summed E-state index contributed by atoms with van der Waals surface area (Å²) in [5.74, 6) is 1.64. The Morgan fingerprint density at radius 2 is 1.68 bits per heavy atom. The number of hydrogen-bond acceptors (Lipinski definition) is 5. The van der Waals surface area contributed by atoms with Crippen LogP contribution in [0.15, 0.2) is 6.33 Å². The van der Waals surface area contributed by atoms with Gasteiger partial charge in [-0.1, -0.05) is 20.8 Å². The van der Waals surface area contributed by atoms with Crippen LogP contribution in [0.5, 0.6) is 0 Å². The minimum atomic E-state index is -0.672. The number of hydrogen-bond donors (Lipinski definition) is 3. The lowest BCUT2D eigenvalue weighted by Crippen LogP contribution is -2.35. The topological polar surface area (TPSA) is 70.1 Å². The summed E-state index contributed by atoms with van der Waals surface area (Å²) in [5, 5.41) is 16.8. The normalized spacial score (nSPS) is 11.4. The van der Waals surface area contributed by atoms with Gasteiger partial charge in [-0.3, -0.25) is 0 Å². The van der Waals surface area contributed by atoms with Gasteiger partial charge < -0.3 is 15.7 Å². The first kappa shape index (κ1) is 15.7. The van der Waals surface area contributed by atoms with Crippen LogP contribution < -0.4 is 10.6 Å². The molecule has 0 unspecified atom stereocenters. The summed E-state index contributed by atoms with van der Waals surface area (Å²) in [6.45, 7) is 9.48. The third-order valence-electron chi connectivity index (χ3n) is 3.53. The molecule has 5 heteroatoms. The van der Waals surface area contributed by atoms with E-state index in [-0.39, 0.29) is 0 Å². The van der Waals surface area contributed by atoms with Crippen LogP contribution in [-0.4, -0.2) is 33.8 Å². The second-order valence-electron chi connectivity index (χ2n) is 4.91. The van der Waals surface area contributed by atoms with E-state index < -0.39 is 5.60 Å². The van der Waals surface area contributed by atoms with Crippen LogP contribution in [-0.2, 0) is 0 Å². The Bertz CT molecular complexity index is 391. The van der Waals surface area contributed by atoms with E-state index in [1.807, 2.05) is 20.8 Å². The highest BCUT2D eigenvalue weighted by atomic mass is 16.3. The van der Waals surface area contributed by atoms with Gasteiger partial charge in [-0.2, -0.15) is 0 Å². The van der Waals surface area contributed by atoms with Gasteiger partial charge in [-0.15, -0.1) is 0 Å². The molecule has 0 aliphatic rings. The average Bonchev–Trinajstić information content (AvgIpc) is 2.44. The number of aromatic nitrogens is 2. The van der Waals surface area contributed by atoms with Crippen LogP contribution in [0.1, 0.15) is 45.6 Å². The highest BCUT2D eigenvalue weighted by Crippen LogP contribution is 2.20. The van der Waals surface area contributed by atoms with Crippen molar-refractivity contribution >= 4 is 11.6 Å². The van der Waals surface area contributed by atoms with Crippen LogP contribution in [0.25, 0.3) is 0 Å². The molecule has 0 saturated carbocycles. The first-order chi connectivity index (χ1) is 9.06. The van der Waals surface area contributed by atoms with Gasteiger partial charge in [-0.05, 0) is 26.2 Å². The molecule has 0 saturated heterocycles. The van der Waals surface area contributed by atoms with Crippen LogP contribution in [0.3, 0.4) is 0 Å². The molecule has 5 nitrogen and oxygen atoms in total. The highest BCUT2D eigenvalue weighted by Gasteiger charge is 2.22. The summed E-state index contributed by atoms with van der Waals surface area (Å²) in [4.78, 5) is 8.48. The summed E-state index contributed by atoms with van der Waals surface area (Å²) in [5.41, 5.74) is 0.319. The zero-order chi connectivity index (χ0) is 14.3. The fourth-order valence-corrected chi connectivity index (χ4v) is 1.80. The van der Waals surface area contributed by atoms with Crippen LogP contribution in [0, 0.1) is 6.92 Å². The first-order valence-corrected chi connectivity index (χ1v) is 7.08. The second kappa shape index (κ2) is 7.28. The van der Waals surface area contributed by atoms with Crippen molar-refractivity contribution < 1.29 is 5.11 Å². The predicted molar refractivity (Wildman–Crippen MR) is 79.6 cm³/mol. The van der Waals surface area contributed by atoms with Gasteiger partial charge in [0.2, 0.25) is 0 Å². The van der Waals surface area contributed by atoms with E-state index in [9.17, 15) is 5.11 Å². The fourth-order valence-electron chi connectivity index (χ4n) is 1.80. The van der Waals surface area contributed by atoms with Gasteiger partial charge in [-0.25, -0.2) is 9.97 Å². The number of nitrogens with zero attached hydrogens (tertiary/aromatic N) is 2. The summed E-state index contributed by atoms with van der Waals surface area (Å²) < 4.78 is 0. The molecule has 0 spiro atoms. The Labute approximate surface area is 115 Å². The van der Waals surface area contributed by atoms with Gasteiger partial charge in [0.1, 0.15) is 18.0 Å². The third kappa shape index (κ3) is 4.35. The first-order valence-electron chi connectivity index (χ1n) is 7.08. The van der Waals surface area contributed by atoms with E-state index in [0.29, 0.717) is 6.54 Å². The molecule has 0 amide bonds. The van der Waals surface area contributed by atoms with Crippen molar-refractivity contribution in [1.82, 2.24) is 9.97 Å². The summed E-state index contributed by atoms with van der Waals surface area (Å²) >= 11 is 0. The molecule has 1 aromatic rings.